The average Bonchev–Trinajstić information content (AvgIpc) is 2.77. The van der Waals surface area contributed by atoms with E-state index < -0.39 is 0 Å². The van der Waals surface area contributed by atoms with Crippen LogP contribution in [0.15, 0.2) is 18.2 Å². The molecule has 5 nitrogen and oxygen atoms in total. The van der Waals surface area contributed by atoms with Gasteiger partial charge in [0.2, 0.25) is 16.8 Å². The first-order valence-corrected chi connectivity index (χ1v) is 5.98. The highest BCUT2D eigenvalue weighted by atomic mass is 32.1. The summed E-state index contributed by atoms with van der Waals surface area (Å²) in [5.74, 6) is 0.327. The first kappa shape index (κ1) is 10.2. The van der Waals surface area contributed by atoms with Crippen LogP contribution in [0.3, 0.4) is 0 Å². The molecular formula is C11H10N4OS. The fourth-order valence-corrected chi connectivity index (χ4v) is 2.84. The molecule has 86 valence electrons. The Morgan fingerprint density at radius 2 is 2.24 bits per heavy atom. The van der Waals surface area contributed by atoms with Crippen molar-refractivity contribution in [1.82, 2.24) is 14.6 Å². The fourth-order valence-electron chi connectivity index (χ4n) is 1.78. The zero-order chi connectivity index (χ0) is 12.0. The molecule has 0 radical (unpaired) electrons. The number of carbonyl (C=O) groups is 1. The molecule has 0 spiro atoms. The highest BCUT2D eigenvalue weighted by Gasteiger charge is 2.12. The largest absolute Gasteiger partial charge is 0.295 e. The monoisotopic (exact) mass is 246 g/mol. The van der Waals surface area contributed by atoms with Gasteiger partial charge in [0.05, 0.1) is 10.2 Å². The van der Waals surface area contributed by atoms with E-state index in [2.05, 4.69) is 28.5 Å². The maximum absolute atomic E-state index is 11.1. The number of thiazole rings is 1. The van der Waals surface area contributed by atoms with Crippen LogP contribution in [0.1, 0.15) is 12.5 Å². The summed E-state index contributed by atoms with van der Waals surface area (Å²) in [6.07, 6.45) is 0. The van der Waals surface area contributed by atoms with Crippen molar-refractivity contribution in [2.24, 2.45) is 0 Å². The molecule has 1 amide bonds. The van der Waals surface area contributed by atoms with Crippen LogP contribution in [-0.4, -0.2) is 20.5 Å². The standard InChI is InChI=1S/C11H10N4OS/c1-6-3-4-8-9(5-6)17-11-14-13-10(15(8)11)12-7(2)16/h3-5H,1-2H3,(H,12,13,16). The van der Waals surface area contributed by atoms with E-state index in [0.29, 0.717) is 5.95 Å². The molecule has 6 heteroatoms. The number of hydrogen-bond donors (Lipinski definition) is 1. The van der Waals surface area contributed by atoms with Gasteiger partial charge < -0.3 is 0 Å². The number of hydrogen-bond acceptors (Lipinski definition) is 4. The lowest BCUT2D eigenvalue weighted by Gasteiger charge is -1.98. The van der Waals surface area contributed by atoms with Gasteiger partial charge in [-0.2, -0.15) is 0 Å². The van der Waals surface area contributed by atoms with Gasteiger partial charge in [0.1, 0.15) is 0 Å². The Morgan fingerprint density at radius 1 is 1.41 bits per heavy atom. The Kier molecular flexibility index (Phi) is 2.12. The van der Waals surface area contributed by atoms with E-state index in [9.17, 15) is 4.79 Å². The lowest BCUT2D eigenvalue weighted by atomic mass is 10.2. The van der Waals surface area contributed by atoms with Crippen molar-refractivity contribution in [2.45, 2.75) is 13.8 Å². The van der Waals surface area contributed by atoms with Crippen LogP contribution in [0.25, 0.3) is 15.2 Å². The maximum atomic E-state index is 11.1. The predicted molar refractivity (Wildman–Crippen MR) is 67.4 cm³/mol. The quantitative estimate of drug-likeness (QED) is 0.716. The van der Waals surface area contributed by atoms with Gasteiger partial charge in [0.15, 0.2) is 0 Å². The number of nitrogens with zero attached hydrogens (tertiary/aromatic N) is 3. The van der Waals surface area contributed by atoms with Gasteiger partial charge >= 0.3 is 0 Å². The summed E-state index contributed by atoms with van der Waals surface area (Å²) >= 11 is 1.56. The summed E-state index contributed by atoms with van der Waals surface area (Å²) in [7, 11) is 0. The first-order valence-electron chi connectivity index (χ1n) is 5.17. The molecule has 2 aromatic heterocycles. The lowest BCUT2D eigenvalue weighted by molar-refractivity contribution is -0.114. The molecule has 0 saturated carbocycles. The molecule has 3 rings (SSSR count). The summed E-state index contributed by atoms with van der Waals surface area (Å²) in [5.41, 5.74) is 2.22. The fraction of sp³-hybridized carbons (Fsp3) is 0.182. The molecule has 0 fully saturated rings. The van der Waals surface area contributed by atoms with Crippen molar-refractivity contribution in [1.29, 1.82) is 0 Å². The number of anilines is 1. The second-order valence-corrected chi connectivity index (χ2v) is 4.91. The molecule has 3 aromatic rings. The summed E-state index contributed by atoms with van der Waals surface area (Å²) in [5, 5.41) is 10.7. The number of rotatable bonds is 1. The Balaban J connectivity index is 2.32. The molecule has 1 aromatic carbocycles. The van der Waals surface area contributed by atoms with Crippen LogP contribution in [-0.2, 0) is 4.79 Å². The molecule has 0 aliphatic rings. The van der Waals surface area contributed by atoms with Gasteiger partial charge in [0, 0.05) is 6.92 Å². The Morgan fingerprint density at radius 3 is 3.00 bits per heavy atom. The van der Waals surface area contributed by atoms with E-state index in [1.165, 1.54) is 12.5 Å². The van der Waals surface area contributed by atoms with Crippen molar-refractivity contribution in [2.75, 3.05) is 5.32 Å². The first-order chi connectivity index (χ1) is 8.15. The Hall–Kier alpha value is -1.95. The molecule has 17 heavy (non-hydrogen) atoms. The normalized spacial score (nSPS) is 11.2. The van der Waals surface area contributed by atoms with E-state index in [-0.39, 0.29) is 5.91 Å². The van der Waals surface area contributed by atoms with Crippen molar-refractivity contribution >= 4 is 38.4 Å². The van der Waals surface area contributed by atoms with Crippen LogP contribution < -0.4 is 5.32 Å². The highest BCUT2D eigenvalue weighted by Crippen LogP contribution is 2.28. The van der Waals surface area contributed by atoms with Crippen molar-refractivity contribution < 1.29 is 4.79 Å². The number of benzene rings is 1. The van der Waals surface area contributed by atoms with Crippen LogP contribution in [0.2, 0.25) is 0 Å². The molecule has 0 bridgehead atoms. The second-order valence-electron chi connectivity index (χ2n) is 3.90. The van der Waals surface area contributed by atoms with E-state index in [0.717, 1.165) is 15.2 Å². The number of aromatic nitrogens is 3. The molecule has 0 atom stereocenters. The summed E-state index contributed by atoms with van der Waals surface area (Å²) < 4.78 is 3.00. The molecule has 2 heterocycles. The zero-order valence-corrected chi connectivity index (χ0v) is 10.2. The SMILES string of the molecule is CC(=O)Nc1nnc2sc3cc(C)ccc3n12. The van der Waals surface area contributed by atoms with E-state index in [1.54, 1.807) is 11.3 Å². The molecule has 0 saturated heterocycles. The molecule has 0 unspecified atom stereocenters. The van der Waals surface area contributed by atoms with E-state index >= 15 is 0 Å². The van der Waals surface area contributed by atoms with Crippen LogP contribution >= 0.6 is 11.3 Å². The average molecular weight is 246 g/mol. The second kappa shape index (κ2) is 3.53. The third kappa shape index (κ3) is 1.57. The Labute approximate surface area is 101 Å². The van der Waals surface area contributed by atoms with Gasteiger partial charge in [-0.05, 0) is 24.6 Å². The van der Waals surface area contributed by atoms with Crippen LogP contribution in [0, 0.1) is 6.92 Å². The van der Waals surface area contributed by atoms with Gasteiger partial charge in [-0.1, -0.05) is 17.4 Å². The number of amides is 1. The summed E-state index contributed by atoms with van der Waals surface area (Å²) in [6, 6.07) is 6.15. The number of nitrogens with one attached hydrogen (secondary N) is 1. The van der Waals surface area contributed by atoms with Gasteiger partial charge in [-0.15, -0.1) is 10.2 Å². The van der Waals surface area contributed by atoms with Crippen molar-refractivity contribution in [3.8, 4) is 0 Å². The van der Waals surface area contributed by atoms with Gasteiger partial charge in [-0.25, -0.2) is 0 Å². The summed E-state index contributed by atoms with van der Waals surface area (Å²) in [4.78, 5) is 11.9. The molecule has 0 aliphatic carbocycles. The minimum absolute atomic E-state index is 0.147. The smallest absolute Gasteiger partial charge is 0.236 e. The van der Waals surface area contributed by atoms with Crippen molar-refractivity contribution in [3.63, 3.8) is 0 Å². The molecule has 1 N–H and O–H groups in total. The minimum Gasteiger partial charge on any atom is -0.295 e. The predicted octanol–water partition coefficient (Wildman–Crippen LogP) is 2.21. The molecule has 0 aliphatic heterocycles. The number of aryl methyl sites for hydroxylation is 1. The summed E-state index contributed by atoms with van der Waals surface area (Å²) in [6.45, 7) is 3.51. The number of fused-ring (bicyclic) bond motifs is 3. The van der Waals surface area contributed by atoms with Crippen LogP contribution in [0.4, 0.5) is 5.95 Å². The highest BCUT2D eigenvalue weighted by molar-refractivity contribution is 7.23. The van der Waals surface area contributed by atoms with Gasteiger partial charge in [0.25, 0.3) is 0 Å². The maximum Gasteiger partial charge on any atom is 0.236 e. The number of carbonyl (C=O) groups excluding carboxylic acids is 1. The minimum atomic E-state index is -0.147. The lowest BCUT2D eigenvalue weighted by Crippen LogP contribution is -2.08. The molecular weight excluding hydrogens is 236 g/mol. The third-order valence-corrected chi connectivity index (χ3v) is 3.47. The Bertz CT molecular complexity index is 728. The topological polar surface area (TPSA) is 59.3 Å². The van der Waals surface area contributed by atoms with Gasteiger partial charge in [-0.3, -0.25) is 14.5 Å². The zero-order valence-electron chi connectivity index (χ0n) is 9.39. The van der Waals surface area contributed by atoms with E-state index in [4.69, 9.17) is 0 Å². The van der Waals surface area contributed by atoms with Crippen molar-refractivity contribution in [3.05, 3.63) is 23.8 Å². The third-order valence-electron chi connectivity index (χ3n) is 2.48. The van der Waals surface area contributed by atoms with Crippen LogP contribution in [0.5, 0.6) is 0 Å². The van der Waals surface area contributed by atoms with E-state index in [1.807, 2.05) is 16.5 Å².